The Kier molecular flexibility index (Phi) is 5.76. The molecule has 0 atom stereocenters. The number of ether oxygens (including phenoxy) is 1. The van der Waals surface area contributed by atoms with E-state index in [1.807, 2.05) is 22.6 Å². The Morgan fingerprint density at radius 3 is 2.83 bits per heavy atom. The Morgan fingerprint density at radius 2 is 2.21 bits per heavy atom. The number of halogens is 1. The van der Waals surface area contributed by atoms with Crippen LogP contribution in [-0.4, -0.2) is 16.6 Å². The number of phenolic OH excluding ortho intramolecular Hbond substituents is 1. The number of aromatic hydroxyl groups is 1. The highest BCUT2D eigenvalue weighted by Gasteiger charge is 2.11. The lowest BCUT2D eigenvalue weighted by molar-refractivity contribution is -0.384. The summed E-state index contributed by atoms with van der Waals surface area (Å²) in [6, 6.07) is 11.3. The average Bonchev–Trinajstić information content (AvgIpc) is 2.57. The number of hydrogen-bond acceptors (Lipinski definition) is 5. The van der Waals surface area contributed by atoms with E-state index >= 15 is 0 Å². The van der Waals surface area contributed by atoms with Gasteiger partial charge in [-0.25, -0.2) is 0 Å². The largest absolute Gasteiger partial charge is 0.504 e. The standard InChI is InChI=1S/C17H13IN2O4/c1-2-24-16-8-11(7-15(18)17(16)21)6-13(10-19)12-4-3-5-14(9-12)20(22)23/h3-9,21H,2H2,1H3. The quantitative estimate of drug-likeness (QED) is 0.247. The van der Waals surface area contributed by atoms with Gasteiger partial charge in [-0.05, 0) is 58.9 Å². The third kappa shape index (κ3) is 4.02. The molecule has 0 heterocycles. The van der Waals surface area contributed by atoms with Gasteiger partial charge in [0.2, 0.25) is 0 Å². The van der Waals surface area contributed by atoms with E-state index in [0.29, 0.717) is 27.1 Å². The second-order valence-electron chi connectivity index (χ2n) is 4.76. The maximum absolute atomic E-state index is 10.9. The predicted octanol–water partition coefficient (Wildman–Crippen LogP) is 4.37. The van der Waals surface area contributed by atoms with Gasteiger partial charge in [-0.1, -0.05) is 12.1 Å². The first kappa shape index (κ1) is 17.7. The summed E-state index contributed by atoms with van der Waals surface area (Å²) >= 11 is 1.97. The second kappa shape index (κ2) is 7.79. The highest BCUT2D eigenvalue weighted by Crippen LogP contribution is 2.34. The van der Waals surface area contributed by atoms with Crippen LogP contribution in [0.1, 0.15) is 18.1 Å². The van der Waals surface area contributed by atoms with Crippen LogP contribution in [-0.2, 0) is 0 Å². The van der Waals surface area contributed by atoms with Crippen LogP contribution in [0.4, 0.5) is 5.69 Å². The van der Waals surface area contributed by atoms with Gasteiger partial charge in [-0.3, -0.25) is 10.1 Å². The molecule has 6 nitrogen and oxygen atoms in total. The van der Waals surface area contributed by atoms with Crippen molar-refractivity contribution >= 4 is 39.9 Å². The van der Waals surface area contributed by atoms with Crippen LogP contribution in [0.3, 0.4) is 0 Å². The number of hydrogen-bond donors (Lipinski definition) is 1. The first-order valence-corrected chi connectivity index (χ1v) is 8.06. The highest BCUT2D eigenvalue weighted by atomic mass is 127. The summed E-state index contributed by atoms with van der Waals surface area (Å²) in [5, 5.41) is 30.2. The molecule has 2 rings (SSSR count). The molecule has 122 valence electrons. The van der Waals surface area contributed by atoms with Crippen LogP contribution in [0.2, 0.25) is 0 Å². The van der Waals surface area contributed by atoms with Crippen LogP contribution in [0.15, 0.2) is 36.4 Å². The zero-order valence-electron chi connectivity index (χ0n) is 12.7. The molecule has 0 bridgehead atoms. The first-order chi connectivity index (χ1) is 11.5. The molecule has 2 aromatic rings. The molecule has 0 aromatic heterocycles. The van der Waals surface area contributed by atoms with E-state index in [-0.39, 0.29) is 17.0 Å². The molecule has 0 amide bonds. The minimum Gasteiger partial charge on any atom is -0.504 e. The zero-order valence-corrected chi connectivity index (χ0v) is 14.9. The summed E-state index contributed by atoms with van der Waals surface area (Å²) in [5.74, 6) is 0.371. The molecule has 0 aliphatic rings. The fraction of sp³-hybridized carbons (Fsp3) is 0.118. The molecule has 24 heavy (non-hydrogen) atoms. The molecule has 0 spiro atoms. The molecule has 0 fully saturated rings. The van der Waals surface area contributed by atoms with Crippen molar-refractivity contribution in [2.75, 3.05) is 6.61 Å². The summed E-state index contributed by atoms with van der Waals surface area (Å²) in [6.45, 7) is 2.20. The maximum Gasteiger partial charge on any atom is 0.270 e. The summed E-state index contributed by atoms with van der Waals surface area (Å²) in [6.07, 6.45) is 1.60. The highest BCUT2D eigenvalue weighted by molar-refractivity contribution is 14.1. The van der Waals surface area contributed by atoms with E-state index in [1.165, 1.54) is 18.2 Å². The molecule has 2 aromatic carbocycles. The molecule has 7 heteroatoms. The lowest BCUT2D eigenvalue weighted by atomic mass is 10.0. The molecule has 0 unspecified atom stereocenters. The lowest BCUT2D eigenvalue weighted by Gasteiger charge is -2.09. The van der Waals surface area contributed by atoms with Gasteiger partial charge < -0.3 is 9.84 Å². The number of benzene rings is 2. The van der Waals surface area contributed by atoms with Gasteiger partial charge >= 0.3 is 0 Å². The van der Waals surface area contributed by atoms with E-state index in [1.54, 1.807) is 31.2 Å². The van der Waals surface area contributed by atoms with Crippen LogP contribution in [0.5, 0.6) is 11.5 Å². The smallest absolute Gasteiger partial charge is 0.270 e. The van der Waals surface area contributed by atoms with E-state index in [4.69, 9.17) is 4.74 Å². The number of nitro benzene ring substituents is 1. The zero-order chi connectivity index (χ0) is 17.7. The van der Waals surface area contributed by atoms with E-state index in [9.17, 15) is 20.5 Å². The van der Waals surface area contributed by atoms with Crippen molar-refractivity contribution in [1.82, 2.24) is 0 Å². The molecule has 0 radical (unpaired) electrons. The predicted molar refractivity (Wildman–Crippen MR) is 98.6 cm³/mol. The van der Waals surface area contributed by atoms with Crippen molar-refractivity contribution in [2.45, 2.75) is 6.92 Å². The first-order valence-electron chi connectivity index (χ1n) is 6.98. The topological polar surface area (TPSA) is 96.4 Å². The Morgan fingerprint density at radius 1 is 1.46 bits per heavy atom. The number of phenols is 1. The van der Waals surface area contributed by atoms with Gasteiger partial charge in [0.25, 0.3) is 5.69 Å². The summed E-state index contributed by atoms with van der Waals surface area (Å²) in [7, 11) is 0. The molecule has 0 aliphatic carbocycles. The summed E-state index contributed by atoms with van der Waals surface area (Å²) < 4.78 is 5.96. The second-order valence-corrected chi connectivity index (χ2v) is 5.92. The number of nitriles is 1. The molecule has 0 aliphatic heterocycles. The number of nitrogens with zero attached hydrogens (tertiary/aromatic N) is 2. The average molecular weight is 436 g/mol. The number of nitro groups is 1. The number of rotatable bonds is 5. The van der Waals surface area contributed by atoms with Gasteiger partial charge in [0.05, 0.1) is 26.7 Å². The molecule has 1 N–H and O–H groups in total. The Balaban J connectivity index is 2.50. The van der Waals surface area contributed by atoms with Crippen LogP contribution >= 0.6 is 22.6 Å². The third-order valence-electron chi connectivity index (χ3n) is 3.15. The van der Waals surface area contributed by atoms with E-state index in [0.717, 1.165) is 0 Å². The minimum absolute atomic E-state index is 0.0449. The summed E-state index contributed by atoms with van der Waals surface area (Å²) in [4.78, 5) is 10.4. The van der Waals surface area contributed by atoms with Crippen LogP contribution in [0.25, 0.3) is 11.6 Å². The van der Waals surface area contributed by atoms with Crippen molar-refractivity contribution in [3.8, 4) is 17.6 Å². The van der Waals surface area contributed by atoms with Gasteiger partial charge in [-0.2, -0.15) is 5.26 Å². The van der Waals surface area contributed by atoms with Crippen molar-refractivity contribution in [2.24, 2.45) is 0 Å². The normalized spacial score (nSPS) is 11.0. The fourth-order valence-corrected chi connectivity index (χ4v) is 2.70. The lowest BCUT2D eigenvalue weighted by Crippen LogP contribution is -1.94. The number of non-ortho nitro benzene ring substituents is 1. The SMILES string of the molecule is CCOc1cc(C=C(C#N)c2cccc([N+](=O)[O-])c2)cc(I)c1O. The van der Waals surface area contributed by atoms with Crippen molar-refractivity contribution in [3.63, 3.8) is 0 Å². The van der Waals surface area contributed by atoms with E-state index < -0.39 is 4.92 Å². The monoisotopic (exact) mass is 436 g/mol. The molecule has 0 saturated carbocycles. The van der Waals surface area contributed by atoms with E-state index in [2.05, 4.69) is 6.07 Å². The maximum atomic E-state index is 10.9. The minimum atomic E-state index is -0.505. The van der Waals surface area contributed by atoms with Gasteiger partial charge in [0.15, 0.2) is 11.5 Å². The van der Waals surface area contributed by atoms with Crippen molar-refractivity contribution in [3.05, 3.63) is 61.2 Å². The fourth-order valence-electron chi connectivity index (χ4n) is 2.08. The van der Waals surface area contributed by atoms with Gasteiger partial charge in [-0.15, -0.1) is 0 Å². The molecule has 0 saturated heterocycles. The third-order valence-corrected chi connectivity index (χ3v) is 3.97. The summed E-state index contributed by atoms with van der Waals surface area (Å²) in [5.41, 5.74) is 1.31. The van der Waals surface area contributed by atoms with Crippen LogP contribution < -0.4 is 4.74 Å². The molecular formula is C17H13IN2O4. The molecular weight excluding hydrogens is 423 g/mol. The Bertz CT molecular complexity index is 856. The number of allylic oxidation sites excluding steroid dienone is 1. The van der Waals surface area contributed by atoms with Gasteiger partial charge in [0.1, 0.15) is 0 Å². The Labute approximate surface area is 152 Å². The van der Waals surface area contributed by atoms with Crippen LogP contribution in [0, 0.1) is 25.0 Å². The van der Waals surface area contributed by atoms with Crippen molar-refractivity contribution in [1.29, 1.82) is 5.26 Å². The van der Waals surface area contributed by atoms with Crippen molar-refractivity contribution < 1.29 is 14.8 Å². The Hall–Kier alpha value is -2.60. The van der Waals surface area contributed by atoms with Gasteiger partial charge in [0, 0.05) is 12.1 Å².